The molecule has 0 unspecified atom stereocenters. The molecule has 0 saturated carbocycles. The molecule has 4 rings (SSSR count). The van der Waals surface area contributed by atoms with Crippen LogP contribution in [0.25, 0.3) is 6.08 Å². The number of carbonyl (C=O) groups is 2. The lowest BCUT2D eigenvalue weighted by Gasteiger charge is -2.35. The van der Waals surface area contributed by atoms with E-state index in [2.05, 4.69) is 0 Å². The largest absolute Gasteiger partial charge is 0.490 e. The van der Waals surface area contributed by atoms with Gasteiger partial charge in [-0.1, -0.05) is 36.4 Å². The van der Waals surface area contributed by atoms with Gasteiger partial charge >= 0.3 is 0 Å². The third-order valence-corrected chi connectivity index (χ3v) is 4.87. The molecule has 0 bridgehead atoms. The summed E-state index contributed by atoms with van der Waals surface area (Å²) in [6, 6.07) is 15.2. The molecule has 2 aromatic carbocycles. The number of hydrogen-bond acceptors (Lipinski definition) is 3. The number of rotatable bonds is 2. The van der Waals surface area contributed by atoms with Gasteiger partial charge in [-0.05, 0) is 29.3 Å². The number of para-hydroxylation sites is 2. The molecule has 5 heteroatoms. The van der Waals surface area contributed by atoms with Gasteiger partial charge in [-0.2, -0.15) is 0 Å². The highest BCUT2D eigenvalue weighted by Gasteiger charge is 2.31. The molecule has 1 atom stereocenters. The lowest BCUT2D eigenvalue weighted by molar-refractivity contribution is -0.129. The number of anilines is 1. The Bertz CT molecular complexity index is 890. The van der Waals surface area contributed by atoms with Crippen LogP contribution in [0.5, 0.6) is 5.75 Å². The molecule has 2 aliphatic heterocycles. The fraction of sp³-hybridized carbons (Fsp3) is 0.238. The summed E-state index contributed by atoms with van der Waals surface area (Å²) >= 11 is 0. The Kier molecular flexibility index (Phi) is 4.21. The lowest BCUT2D eigenvalue weighted by atomic mass is 9.93. The molecule has 2 heterocycles. The molecule has 5 nitrogen and oxygen atoms in total. The van der Waals surface area contributed by atoms with Crippen molar-refractivity contribution < 1.29 is 14.3 Å². The summed E-state index contributed by atoms with van der Waals surface area (Å²) < 4.78 is 5.64. The van der Waals surface area contributed by atoms with Crippen LogP contribution < -0.4 is 9.64 Å². The van der Waals surface area contributed by atoms with Gasteiger partial charge in [-0.15, -0.1) is 0 Å². The van der Waals surface area contributed by atoms with E-state index in [1.807, 2.05) is 54.6 Å². The summed E-state index contributed by atoms with van der Waals surface area (Å²) in [6.07, 6.45) is 3.92. The van der Waals surface area contributed by atoms with Crippen LogP contribution >= 0.6 is 0 Å². The van der Waals surface area contributed by atoms with E-state index in [1.165, 1.54) is 6.92 Å². The van der Waals surface area contributed by atoms with E-state index in [-0.39, 0.29) is 24.3 Å². The molecule has 0 radical (unpaired) electrons. The van der Waals surface area contributed by atoms with Crippen LogP contribution in [-0.4, -0.2) is 29.9 Å². The van der Waals surface area contributed by atoms with Crippen molar-refractivity contribution in [2.24, 2.45) is 0 Å². The molecule has 132 valence electrons. The standard InChI is InChI=1S/C21H20N2O3/c1-15(24)22-11-10-16-6-2-3-7-17(16)19(22)14-21(25)23-12-13-26-20-9-5-4-8-18(20)23/h2-11,19H,12-14H2,1H3/t19-/m0/s1. The highest BCUT2D eigenvalue weighted by molar-refractivity contribution is 5.96. The molecule has 0 aliphatic carbocycles. The molecule has 0 spiro atoms. The number of benzene rings is 2. The number of ether oxygens (including phenoxy) is 1. The molecule has 2 aromatic rings. The summed E-state index contributed by atoms with van der Waals surface area (Å²) in [4.78, 5) is 28.6. The molecular weight excluding hydrogens is 328 g/mol. The average Bonchev–Trinajstić information content (AvgIpc) is 2.67. The molecule has 0 N–H and O–H groups in total. The quantitative estimate of drug-likeness (QED) is 0.836. The normalized spacial score (nSPS) is 18.0. The van der Waals surface area contributed by atoms with E-state index in [4.69, 9.17) is 4.74 Å². The van der Waals surface area contributed by atoms with Crippen LogP contribution in [0.4, 0.5) is 5.69 Å². The van der Waals surface area contributed by atoms with Crippen LogP contribution in [0.15, 0.2) is 54.7 Å². The van der Waals surface area contributed by atoms with Gasteiger partial charge in [0.05, 0.1) is 24.7 Å². The maximum Gasteiger partial charge on any atom is 0.229 e. The Morgan fingerprint density at radius 2 is 1.88 bits per heavy atom. The zero-order valence-corrected chi connectivity index (χ0v) is 14.6. The predicted molar refractivity (Wildman–Crippen MR) is 99.6 cm³/mol. The van der Waals surface area contributed by atoms with Crippen molar-refractivity contribution in [2.75, 3.05) is 18.1 Å². The highest BCUT2D eigenvalue weighted by atomic mass is 16.5. The first-order valence-corrected chi connectivity index (χ1v) is 8.73. The SMILES string of the molecule is CC(=O)N1C=Cc2ccccc2[C@@H]1CC(=O)N1CCOc2ccccc21. The first-order valence-electron chi connectivity index (χ1n) is 8.73. The van der Waals surface area contributed by atoms with Crippen LogP contribution in [-0.2, 0) is 9.59 Å². The fourth-order valence-electron chi connectivity index (χ4n) is 3.62. The molecule has 2 amide bonds. The molecule has 26 heavy (non-hydrogen) atoms. The molecular formula is C21H20N2O3. The maximum absolute atomic E-state index is 13.1. The summed E-state index contributed by atoms with van der Waals surface area (Å²) in [5.74, 6) is 0.637. The monoisotopic (exact) mass is 348 g/mol. The molecule has 0 fully saturated rings. The molecule has 0 aromatic heterocycles. The summed E-state index contributed by atoms with van der Waals surface area (Å²) in [6.45, 7) is 2.51. The van der Waals surface area contributed by atoms with Gasteiger partial charge in [-0.25, -0.2) is 0 Å². The Hall–Kier alpha value is -3.08. The van der Waals surface area contributed by atoms with Crippen LogP contribution in [0, 0.1) is 0 Å². The topological polar surface area (TPSA) is 49.9 Å². The van der Waals surface area contributed by atoms with Crippen molar-refractivity contribution in [2.45, 2.75) is 19.4 Å². The number of amides is 2. The first kappa shape index (κ1) is 16.4. The van der Waals surface area contributed by atoms with E-state index in [0.29, 0.717) is 13.2 Å². The van der Waals surface area contributed by atoms with Crippen molar-refractivity contribution in [1.82, 2.24) is 4.90 Å². The Balaban J connectivity index is 1.64. The van der Waals surface area contributed by atoms with Crippen molar-refractivity contribution >= 4 is 23.6 Å². The van der Waals surface area contributed by atoms with Crippen molar-refractivity contribution in [3.05, 3.63) is 65.9 Å². The van der Waals surface area contributed by atoms with Gasteiger partial charge in [0.15, 0.2) is 0 Å². The maximum atomic E-state index is 13.1. The fourth-order valence-corrected chi connectivity index (χ4v) is 3.62. The Labute approximate surface area is 152 Å². The van der Waals surface area contributed by atoms with Crippen LogP contribution in [0.2, 0.25) is 0 Å². The van der Waals surface area contributed by atoms with E-state index in [1.54, 1.807) is 16.0 Å². The first-order chi connectivity index (χ1) is 12.6. The van der Waals surface area contributed by atoms with E-state index in [0.717, 1.165) is 22.6 Å². The third kappa shape index (κ3) is 2.86. The number of fused-ring (bicyclic) bond motifs is 2. The van der Waals surface area contributed by atoms with Gasteiger partial charge in [0.1, 0.15) is 12.4 Å². The van der Waals surface area contributed by atoms with Gasteiger partial charge in [0.25, 0.3) is 0 Å². The van der Waals surface area contributed by atoms with Crippen molar-refractivity contribution in [3.8, 4) is 5.75 Å². The lowest BCUT2D eigenvalue weighted by Crippen LogP contribution is -2.41. The Morgan fingerprint density at radius 1 is 1.12 bits per heavy atom. The molecule has 2 aliphatic rings. The van der Waals surface area contributed by atoms with Crippen LogP contribution in [0.3, 0.4) is 0 Å². The van der Waals surface area contributed by atoms with Crippen molar-refractivity contribution in [1.29, 1.82) is 0 Å². The van der Waals surface area contributed by atoms with Gasteiger partial charge in [-0.3, -0.25) is 9.59 Å². The van der Waals surface area contributed by atoms with E-state index in [9.17, 15) is 9.59 Å². The smallest absolute Gasteiger partial charge is 0.229 e. The van der Waals surface area contributed by atoms with E-state index < -0.39 is 0 Å². The van der Waals surface area contributed by atoms with Crippen molar-refractivity contribution in [3.63, 3.8) is 0 Å². The zero-order chi connectivity index (χ0) is 18.1. The van der Waals surface area contributed by atoms with Crippen LogP contribution in [0.1, 0.15) is 30.5 Å². The number of carbonyl (C=O) groups excluding carboxylic acids is 2. The number of hydrogen-bond donors (Lipinski definition) is 0. The average molecular weight is 348 g/mol. The minimum atomic E-state index is -0.295. The highest BCUT2D eigenvalue weighted by Crippen LogP contribution is 2.36. The van der Waals surface area contributed by atoms with Gasteiger partial charge < -0.3 is 14.5 Å². The number of nitrogens with zero attached hydrogens (tertiary/aromatic N) is 2. The van der Waals surface area contributed by atoms with Gasteiger partial charge in [0, 0.05) is 13.1 Å². The summed E-state index contributed by atoms with van der Waals surface area (Å²) in [5, 5.41) is 0. The second kappa shape index (κ2) is 6.67. The second-order valence-corrected chi connectivity index (χ2v) is 6.45. The van der Waals surface area contributed by atoms with E-state index >= 15 is 0 Å². The zero-order valence-electron chi connectivity index (χ0n) is 14.6. The van der Waals surface area contributed by atoms with Gasteiger partial charge in [0.2, 0.25) is 11.8 Å². The minimum Gasteiger partial charge on any atom is -0.490 e. The molecule has 0 saturated heterocycles. The summed E-state index contributed by atoms with van der Waals surface area (Å²) in [7, 11) is 0. The minimum absolute atomic E-state index is 0.0119. The third-order valence-electron chi connectivity index (χ3n) is 4.87. The summed E-state index contributed by atoms with van der Waals surface area (Å²) in [5.41, 5.74) is 2.84. The Morgan fingerprint density at radius 3 is 2.73 bits per heavy atom. The second-order valence-electron chi connectivity index (χ2n) is 6.45. The predicted octanol–water partition coefficient (Wildman–Crippen LogP) is 3.38.